The van der Waals surface area contributed by atoms with Gasteiger partial charge in [-0.25, -0.2) is 14.3 Å². The largest absolute Gasteiger partial charge is 0.493 e. The number of fused-ring (bicyclic) bond motifs is 1. The van der Waals surface area contributed by atoms with E-state index in [0.29, 0.717) is 23.6 Å². The van der Waals surface area contributed by atoms with Crippen LogP contribution in [-0.4, -0.2) is 26.6 Å². The molecular weight excluding hydrogens is 384 g/mol. The van der Waals surface area contributed by atoms with Gasteiger partial charge >= 0.3 is 5.69 Å². The van der Waals surface area contributed by atoms with Gasteiger partial charge in [0.15, 0.2) is 5.65 Å². The molecule has 1 amide bonds. The van der Waals surface area contributed by atoms with Crippen molar-refractivity contribution < 1.29 is 9.53 Å². The zero-order chi connectivity index (χ0) is 22.2. The lowest BCUT2D eigenvalue weighted by Gasteiger charge is -2.15. The van der Waals surface area contributed by atoms with Crippen LogP contribution in [0.15, 0.2) is 27.9 Å². The zero-order valence-electron chi connectivity index (χ0n) is 18.1. The van der Waals surface area contributed by atoms with Gasteiger partial charge in [0, 0.05) is 24.5 Å². The van der Waals surface area contributed by atoms with Crippen LogP contribution in [0.1, 0.15) is 29.2 Å². The van der Waals surface area contributed by atoms with Crippen LogP contribution in [0.3, 0.4) is 0 Å². The number of amides is 1. The number of aromatic nitrogens is 3. The van der Waals surface area contributed by atoms with Gasteiger partial charge in [-0.15, -0.1) is 0 Å². The van der Waals surface area contributed by atoms with Crippen molar-refractivity contribution in [3.8, 4) is 5.75 Å². The fourth-order valence-electron chi connectivity index (χ4n) is 3.69. The summed E-state index contributed by atoms with van der Waals surface area (Å²) in [5.74, 6) is -0.0790. The Morgan fingerprint density at radius 2 is 1.73 bits per heavy atom. The summed E-state index contributed by atoms with van der Waals surface area (Å²) in [6.45, 7) is 9.32. The molecule has 0 saturated heterocycles. The minimum Gasteiger partial charge on any atom is -0.493 e. The second-order valence-electron chi connectivity index (χ2n) is 7.46. The highest BCUT2D eigenvalue weighted by Crippen LogP contribution is 2.24. The molecule has 0 saturated carbocycles. The van der Waals surface area contributed by atoms with Gasteiger partial charge in [0.05, 0.1) is 6.61 Å². The first kappa shape index (κ1) is 21.3. The third kappa shape index (κ3) is 3.72. The van der Waals surface area contributed by atoms with E-state index in [0.717, 1.165) is 21.3 Å². The number of carbonyl (C=O) groups is 1. The molecule has 0 aliphatic carbocycles. The summed E-state index contributed by atoms with van der Waals surface area (Å²) in [6, 6.07) is 3.93. The van der Waals surface area contributed by atoms with Gasteiger partial charge in [0.2, 0.25) is 5.91 Å². The summed E-state index contributed by atoms with van der Waals surface area (Å²) < 4.78 is 7.83. The molecule has 1 aromatic carbocycles. The van der Waals surface area contributed by atoms with E-state index in [1.165, 1.54) is 11.6 Å². The number of anilines is 1. The molecule has 0 spiro atoms. The van der Waals surface area contributed by atoms with E-state index >= 15 is 0 Å². The summed E-state index contributed by atoms with van der Waals surface area (Å²) in [6.07, 6.45) is 1.56. The predicted octanol–water partition coefficient (Wildman–Crippen LogP) is 2.37. The second-order valence-corrected chi connectivity index (χ2v) is 7.46. The molecule has 0 aliphatic heterocycles. The van der Waals surface area contributed by atoms with Crippen LogP contribution in [0.4, 0.5) is 5.69 Å². The van der Waals surface area contributed by atoms with Crippen molar-refractivity contribution in [2.24, 2.45) is 7.05 Å². The van der Waals surface area contributed by atoms with E-state index < -0.39 is 23.7 Å². The monoisotopic (exact) mass is 410 g/mol. The van der Waals surface area contributed by atoms with E-state index in [9.17, 15) is 14.4 Å². The van der Waals surface area contributed by atoms with Crippen LogP contribution < -0.4 is 21.3 Å². The third-order valence-electron chi connectivity index (χ3n) is 5.02. The fourth-order valence-corrected chi connectivity index (χ4v) is 3.69. The van der Waals surface area contributed by atoms with Gasteiger partial charge < -0.3 is 10.1 Å². The highest BCUT2D eigenvalue weighted by molar-refractivity contribution is 5.92. The average molecular weight is 410 g/mol. The van der Waals surface area contributed by atoms with E-state index in [1.807, 2.05) is 39.8 Å². The maximum atomic E-state index is 13.2. The number of benzene rings is 1. The first-order valence-corrected chi connectivity index (χ1v) is 9.75. The van der Waals surface area contributed by atoms with Crippen LogP contribution in [0.5, 0.6) is 5.75 Å². The molecule has 0 atom stereocenters. The van der Waals surface area contributed by atoms with Crippen molar-refractivity contribution in [2.75, 3.05) is 11.9 Å². The molecular formula is C22H26N4O4. The van der Waals surface area contributed by atoms with E-state index in [-0.39, 0.29) is 11.0 Å². The van der Waals surface area contributed by atoms with Gasteiger partial charge in [-0.2, -0.15) is 0 Å². The number of nitrogens with one attached hydrogen (secondary N) is 1. The second kappa shape index (κ2) is 8.14. The van der Waals surface area contributed by atoms with Gasteiger partial charge in [0.25, 0.3) is 5.56 Å². The molecule has 30 heavy (non-hydrogen) atoms. The Bertz CT molecular complexity index is 1250. The van der Waals surface area contributed by atoms with Gasteiger partial charge in [-0.05, 0) is 45.7 Å². The molecule has 8 heteroatoms. The van der Waals surface area contributed by atoms with Gasteiger partial charge in [-0.3, -0.25) is 14.2 Å². The molecule has 0 aliphatic rings. The molecule has 3 aromatic rings. The van der Waals surface area contributed by atoms with Crippen molar-refractivity contribution in [2.45, 2.75) is 41.2 Å². The normalized spacial score (nSPS) is 11.0. The number of pyridine rings is 1. The number of carbonyl (C=O) groups excluding carboxylic acids is 1. The molecule has 0 radical (unpaired) electrons. The maximum Gasteiger partial charge on any atom is 0.332 e. The molecule has 1 N–H and O–H groups in total. The molecule has 0 unspecified atom stereocenters. The van der Waals surface area contributed by atoms with E-state index in [2.05, 4.69) is 10.3 Å². The van der Waals surface area contributed by atoms with Gasteiger partial charge in [-0.1, -0.05) is 17.7 Å². The van der Waals surface area contributed by atoms with Crippen molar-refractivity contribution in [1.82, 2.24) is 14.1 Å². The zero-order valence-corrected chi connectivity index (χ0v) is 18.1. The van der Waals surface area contributed by atoms with Crippen LogP contribution in [0, 0.1) is 27.7 Å². The SMILES string of the molecule is CCOc1c(C)cnc2c1c(=O)n(CC(=O)Nc1c(C)cc(C)cc1C)c(=O)n2C. The Morgan fingerprint density at radius 1 is 1.10 bits per heavy atom. The number of rotatable bonds is 5. The molecule has 3 rings (SSSR count). The van der Waals surface area contributed by atoms with Crippen molar-refractivity contribution in [3.05, 3.63) is 61.4 Å². The van der Waals surface area contributed by atoms with Crippen LogP contribution in [0.2, 0.25) is 0 Å². The Morgan fingerprint density at radius 3 is 2.33 bits per heavy atom. The maximum absolute atomic E-state index is 13.2. The summed E-state index contributed by atoms with van der Waals surface area (Å²) >= 11 is 0. The first-order valence-electron chi connectivity index (χ1n) is 9.75. The fraction of sp³-hybridized carbons (Fsp3) is 0.364. The highest BCUT2D eigenvalue weighted by Gasteiger charge is 2.20. The van der Waals surface area contributed by atoms with Crippen molar-refractivity contribution in [1.29, 1.82) is 0 Å². The lowest BCUT2D eigenvalue weighted by Crippen LogP contribution is -2.42. The summed E-state index contributed by atoms with van der Waals surface area (Å²) in [5.41, 5.74) is 3.30. The Labute approximate surface area is 174 Å². The minimum absolute atomic E-state index is 0.189. The number of aryl methyl sites for hydroxylation is 5. The molecule has 0 fully saturated rings. The lowest BCUT2D eigenvalue weighted by atomic mass is 10.1. The predicted molar refractivity (Wildman–Crippen MR) is 116 cm³/mol. The standard InChI is InChI=1S/C22H26N4O4/c1-7-30-19-15(5)10-23-20-17(19)21(28)26(22(29)25(20)6)11-16(27)24-18-13(3)8-12(2)9-14(18)4/h8-10H,7,11H2,1-6H3,(H,24,27). The van der Waals surface area contributed by atoms with E-state index in [1.54, 1.807) is 13.1 Å². The average Bonchev–Trinajstić information content (AvgIpc) is 2.68. The smallest absolute Gasteiger partial charge is 0.332 e. The molecule has 158 valence electrons. The Balaban J connectivity index is 2.09. The van der Waals surface area contributed by atoms with Crippen LogP contribution in [0.25, 0.3) is 11.0 Å². The topological polar surface area (TPSA) is 95.2 Å². The molecule has 2 heterocycles. The van der Waals surface area contributed by atoms with E-state index in [4.69, 9.17) is 4.74 Å². The summed E-state index contributed by atoms with van der Waals surface area (Å²) in [4.78, 5) is 42.9. The molecule has 8 nitrogen and oxygen atoms in total. The molecule has 0 bridgehead atoms. The number of ether oxygens (including phenoxy) is 1. The summed E-state index contributed by atoms with van der Waals surface area (Å²) in [7, 11) is 1.52. The lowest BCUT2D eigenvalue weighted by molar-refractivity contribution is -0.116. The third-order valence-corrected chi connectivity index (χ3v) is 5.02. The highest BCUT2D eigenvalue weighted by atomic mass is 16.5. The van der Waals surface area contributed by atoms with Crippen LogP contribution in [-0.2, 0) is 18.4 Å². The summed E-state index contributed by atoms with van der Waals surface area (Å²) in [5, 5.41) is 3.02. The number of hydrogen-bond donors (Lipinski definition) is 1. The van der Waals surface area contributed by atoms with Crippen molar-refractivity contribution >= 4 is 22.6 Å². The quantitative estimate of drug-likeness (QED) is 0.697. The first-order chi connectivity index (χ1) is 14.1. The van der Waals surface area contributed by atoms with Gasteiger partial charge in [0.1, 0.15) is 17.7 Å². The molecule has 2 aromatic heterocycles. The number of nitrogens with zero attached hydrogens (tertiary/aromatic N) is 3. The van der Waals surface area contributed by atoms with Crippen LogP contribution >= 0.6 is 0 Å². The Kier molecular flexibility index (Phi) is 5.78. The van der Waals surface area contributed by atoms with Crippen molar-refractivity contribution in [3.63, 3.8) is 0 Å². The minimum atomic E-state index is -0.612. The number of hydrogen-bond acceptors (Lipinski definition) is 5. The Hall–Kier alpha value is -3.42.